The van der Waals surface area contributed by atoms with E-state index in [4.69, 9.17) is 0 Å². The van der Waals surface area contributed by atoms with Crippen molar-refractivity contribution in [3.63, 3.8) is 0 Å². The summed E-state index contributed by atoms with van der Waals surface area (Å²) in [6, 6.07) is 8.25. The molecule has 2 heteroatoms. The Hall–Kier alpha value is -1.57. The van der Waals surface area contributed by atoms with Gasteiger partial charge in [-0.2, -0.15) is 0 Å². The van der Waals surface area contributed by atoms with Crippen LogP contribution in [0.5, 0.6) is 0 Å². The zero-order valence-corrected chi connectivity index (χ0v) is 13.1. The maximum atomic E-state index is 12.3. The number of benzene rings is 1. The summed E-state index contributed by atoms with van der Waals surface area (Å²) in [5.74, 6) is 0.142. The minimum atomic E-state index is -0.145. The number of hydrogen-bond donors (Lipinski definition) is 0. The second-order valence-corrected chi connectivity index (χ2v) is 5.80. The number of allylic oxidation sites excluding steroid dienone is 1. The van der Waals surface area contributed by atoms with Crippen LogP contribution in [0.4, 0.5) is 5.69 Å². The number of carbonyl (C=O) groups is 1. The van der Waals surface area contributed by atoms with Gasteiger partial charge in [-0.05, 0) is 31.4 Å². The molecule has 0 N–H and O–H groups in total. The summed E-state index contributed by atoms with van der Waals surface area (Å²) in [7, 11) is 0. The van der Waals surface area contributed by atoms with E-state index >= 15 is 0 Å². The lowest BCUT2D eigenvalue weighted by Crippen LogP contribution is -2.52. The molecule has 20 heavy (non-hydrogen) atoms. The van der Waals surface area contributed by atoms with Crippen LogP contribution >= 0.6 is 0 Å². The fraction of sp³-hybridized carbons (Fsp3) is 0.500. The van der Waals surface area contributed by atoms with Crippen molar-refractivity contribution >= 4 is 17.2 Å². The summed E-state index contributed by atoms with van der Waals surface area (Å²) in [6.45, 7) is 8.24. The fourth-order valence-corrected chi connectivity index (χ4v) is 3.63. The number of para-hydroxylation sites is 1. The van der Waals surface area contributed by atoms with Crippen LogP contribution in [0.1, 0.15) is 58.9 Å². The molecule has 1 aromatic rings. The summed E-state index contributed by atoms with van der Waals surface area (Å²) < 4.78 is 0. The second-order valence-electron chi connectivity index (χ2n) is 5.80. The van der Waals surface area contributed by atoms with E-state index in [0.717, 1.165) is 31.4 Å². The summed E-state index contributed by atoms with van der Waals surface area (Å²) in [4.78, 5) is 14.4. The van der Waals surface area contributed by atoms with E-state index in [9.17, 15) is 4.79 Å². The Morgan fingerprint density at radius 1 is 1.15 bits per heavy atom. The lowest BCUT2D eigenvalue weighted by atomic mass is 9.80. The van der Waals surface area contributed by atoms with E-state index in [-0.39, 0.29) is 11.4 Å². The van der Waals surface area contributed by atoms with Crippen molar-refractivity contribution in [2.75, 3.05) is 4.90 Å². The highest BCUT2D eigenvalue weighted by molar-refractivity contribution is 5.99. The van der Waals surface area contributed by atoms with Gasteiger partial charge in [0, 0.05) is 12.5 Å². The highest BCUT2D eigenvalue weighted by Gasteiger charge is 2.39. The SMILES string of the molecule is CCCC1(CCC)C=C(C)c2ccccc2N1C(C)=O. The maximum absolute atomic E-state index is 12.3. The van der Waals surface area contributed by atoms with Gasteiger partial charge in [0.15, 0.2) is 0 Å². The van der Waals surface area contributed by atoms with Crippen molar-refractivity contribution in [3.8, 4) is 0 Å². The fourth-order valence-electron chi connectivity index (χ4n) is 3.63. The molecule has 108 valence electrons. The molecule has 1 aliphatic rings. The number of anilines is 1. The Morgan fingerprint density at radius 3 is 2.30 bits per heavy atom. The number of rotatable bonds is 4. The molecular weight excluding hydrogens is 246 g/mol. The molecular formula is C18H25NO. The van der Waals surface area contributed by atoms with Gasteiger partial charge >= 0.3 is 0 Å². The standard InChI is InChI=1S/C18H25NO/c1-5-11-18(12-6-2)13-14(3)16-9-7-8-10-17(16)19(18)15(4)20/h7-10,13H,5-6,11-12H2,1-4H3. The van der Waals surface area contributed by atoms with Gasteiger partial charge in [-0.3, -0.25) is 4.79 Å². The van der Waals surface area contributed by atoms with Gasteiger partial charge in [0.1, 0.15) is 0 Å². The van der Waals surface area contributed by atoms with Crippen molar-refractivity contribution in [3.05, 3.63) is 35.9 Å². The molecule has 1 aliphatic heterocycles. The Morgan fingerprint density at radius 2 is 1.75 bits per heavy atom. The molecule has 0 saturated heterocycles. The van der Waals surface area contributed by atoms with Crippen molar-refractivity contribution in [2.45, 2.75) is 58.9 Å². The molecule has 1 aromatic carbocycles. The van der Waals surface area contributed by atoms with Crippen LogP contribution in [0.2, 0.25) is 0 Å². The molecule has 0 aromatic heterocycles. The maximum Gasteiger partial charge on any atom is 0.224 e. The van der Waals surface area contributed by atoms with Gasteiger partial charge in [0.25, 0.3) is 0 Å². The van der Waals surface area contributed by atoms with E-state index in [2.05, 4.69) is 39.0 Å². The first-order valence-electron chi connectivity index (χ1n) is 7.65. The van der Waals surface area contributed by atoms with E-state index in [1.54, 1.807) is 6.92 Å². The molecule has 0 radical (unpaired) electrons. The molecule has 0 bridgehead atoms. The predicted molar refractivity (Wildman–Crippen MR) is 85.8 cm³/mol. The zero-order valence-electron chi connectivity index (χ0n) is 13.1. The summed E-state index contributed by atoms with van der Waals surface area (Å²) in [5.41, 5.74) is 3.40. The van der Waals surface area contributed by atoms with Crippen molar-refractivity contribution in [1.82, 2.24) is 0 Å². The number of amides is 1. The quantitative estimate of drug-likeness (QED) is 0.770. The predicted octanol–water partition coefficient (Wildman–Crippen LogP) is 4.80. The highest BCUT2D eigenvalue weighted by atomic mass is 16.2. The molecule has 0 atom stereocenters. The third kappa shape index (κ3) is 2.39. The smallest absolute Gasteiger partial charge is 0.224 e. The van der Waals surface area contributed by atoms with E-state index in [1.165, 1.54) is 11.1 Å². The molecule has 0 saturated carbocycles. The van der Waals surface area contributed by atoms with Crippen molar-refractivity contribution in [1.29, 1.82) is 0 Å². The average molecular weight is 271 g/mol. The van der Waals surface area contributed by atoms with Gasteiger partial charge in [0.2, 0.25) is 5.91 Å². The van der Waals surface area contributed by atoms with E-state index in [0.29, 0.717) is 0 Å². The van der Waals surface area contributed by atoms with Crippen LogP contribution in [0.25, 0.3) is 5.57 Å². The number of fused-ring (bicyclic) bond motifs is 1. The van der Waals surface area contributed by atoms with Crippen LogP contribution in [-0.2, 0) is 4.79 Å². The van der Waals surface area contributed by atoms with E-state index < -0.39 is 0 Å². The van der Waals surface area contributed by atoms with Gasteiger partial charge < -0.3 is 4.90 Å². The Bertz CT molecular complexity index is 524. The van der Waals surface area contributed by atoms with Crippen molar-refractivity contribution < 1.29 is 4.79 Å². The van der Waals surface area contributed by atoms with Crippen LogP contribution in [-0.4, -0.2) is 11.4 Å². The van der Waals surface area contributed by atoms with Crippen LogP contribution in [0, 0.1) is 0 Å². The Kier molecular flexibility index (Phi) is 4.32. The first-order valence-corrected chi connectivity index (χ1v) is 7.65. The number of nitrogens with zero attached hydrogens (tertiary/aromatic N) is 1. The van der Waals surface area contributed by atoms with Crippen LogP contribution in [0.15, 0.2) is 30.3 Å². The molecule has 1 heterocycles. The Labute approximate surface area is 122 Å². The van der Waals surface area contributed by atoms with Gasteiger partial charge in [-0.1, -0.05) is 51.0 Å². The van der Waals surface area contributed by atoms with Gasteiger partial charge in [0.05, 0.1) is 11.2 Å². The summed E-state index contributed by atoms with van der Waals surface area (Å²) in [5, 5.41) is 0. The largest absolute Gasteiger partial charge is 0.302 e. The normalized spacial score (nSPS) is 16.6. The number of hydrogen-bond acceptors (Lipinski definition) is 1. The van der Waals surface area contributed by atoms with Gasteiger partial charge in [-0.15, -0.1) is 0 Å². The topological polar surface area (TPSA) is 20.3 Å². The zero-order chi connectivity index (χ0) is 14.8. The number of carbonyl (C=O) groups excluding carboxylic acids is 1. The summed E-state index contributed by atoms with van der Waals surface area (Å²) >= 11 is 0. The molecule has 2 rings (SSSR count). The third-order valence-electron chi connectivity index (χ3n) is 4.18. The minimum Gasteiger partial charge on any atom is -0.302 e. The van der Waals surface area contributed by atoms with Crippen LogP contribution in [0.3, 0.4) is 0 Å². The van der Waals surface area contributed by atoms with Crippen molar-refractivity contribution in [2.24, 2.45) is 0 Å². The molecule has 2 nitrogen and oxygen atoms in total. The monoisotopic (exact) mass is 271 g/mol. The van der Waals surface area contributed by atoms with Crippen LogP contribution < -0.4 is 4.90 Å². The lowest BCUT2D eigenvalue weighted by Gasteiger charge is -2.46. The highest BCUT2D eigenvalue weighted by Crippen LogP contribution is 2.43. The first kappa shape index (κ1) is 14.8. The van der Waals surface area contributed by atoms with E-state index in [1.807, 2.05) is 17.0 Å². The lowest BCUT2D eigenvalue weighted by molar-refractivity contribution is -0.117. The first-order chi connectivity index (χ1) is 9.55. The Balaban J connectivity index is 2.63. The van der Waals surface area contributed by atoms with Gasteiger partial charge in [-0.25, -0.2) is 0 Å². The minimum absolute atomic E-state index is 0.142. The second kappa shape index (κ2) is 5.82. The molecule has 0 fully saturated rings. The molecule has 0 unspecified atom stereocenters. The average Bonchev–Trinajstić information content (AvgIpc) is 2.39. The molecule has 1 amide bonds. The molecule has 0 spiro atoms. The molecule has 0 aliphatic carbocycles. The third-order valence-corrected chi connectivity index (χ3v) is 4.18. The summed E-state index contributed by atoms with van der Waals surface area (Å²) in [6.07, 6.45) is 6.52.